The van der Waals surface area contributed by atoms with Crippen LogP contribution < -0.4 is 5.32 Å². The zero-order chi connectivity index (χ0) is 20.8. The average Bonchev–Trinajstić information content (AvgIpc) is 3.44. The minimum absolute atomic E-state index is 0.635. The number of aromatic nitrogens is 3. The Hall–Kier alpha value is -3.13. The summed E-state index contributed by atoms with van der Waals surface area (Å²) in [4.78, 5) is 9.64. The van der Waals surface area contributed by atoms with Crippen LogP contribution in [-0.4, -0.2) is 63.4 Å². The molecule has 1 aromatic carbocycles. The number of hydrogen-bond donors (Lipinski definition) is 1. The number of aliphatic imine (C=N–C) groups is 1. The maximum absolute atomic E-state index is 5.18. The fraction of sp³-hybridized carbons (Fsp3) is 0.409. The van der Waals surface area contributed by atoms with E-state index in [1.807, 2.05) is 29.9 Å². The average molecular weight is 408 g/mol. The van der Waals surface area contributed by atoms with Gasteiger partial charge in [0.15, 0.2) is 5.96 Å². The Morgan fingerprint density at radius 1 is 1.17 bits per heavy atom. The Kier molecular flexibility index (Phi) is 6.44. The van der Waals surface area contributed by atoms with Crippen molar-refractivity contribution in [1.82, 2.24) is 30.1 Å². The molecule has 1 aliphatic heterocycles. The lowest BCUT2D eigenvalue weighted by Gasteiger charge is -2.36. The van der Waals surface area contributed by atoms with Crippen molar-refractivity contribution < 1.29 is 4.52 Å². The molecule has 0 unspecified atom stereocenters. The molecule has 0 amide bonds. The molecule has 0 spiro atoms. The molecule has 0 bridgehead atoms. The quantitative estimate of drug-likeness (QED) is 0.500. The van der Waals surface area contributed by atoms with E-state index in [1.165, 1.54) is 5.56 Å². The molecule has 3 aromatic rings. The van der Waals surface area contributed by atoms with E-state index in [2.05, 4.69) is 56.6 Å². The number of guanidine groups is 1. The summed E-state index contributed by atoms with van der Waals surface area (Å²) in [5.41, 5.74) is 3.21. The van der Waals surface area contributed by atoms with Crippen molar-refractivity contribution in [1.29, 1.82) is 0 Å². The van der Waals surface area contributed by atoms with Gasteiger partial charge in [0, 0.05) is 57.7 Å². The SMILES string of the molecule is CCNC(=NCc1cccc(-n2cccn2)c1)N1CCN(Cc2cc(C)on2)CC1. The van der Waals surface area contributed by atoms with Crippen molar-refractivity contribution >= 4 is 5.96 Å². The highest BCUT2D eigenvalue weighted by molar-refractivity contribution is 5.80. The Morgan fingerprint density at radius 2 is 2.03 bits per heavy atom. The smallest absolute Gasteiger partial charge is 0.194 e. The maximum atomic E-state index is 5.18. The third-order valence-electron chi connectivity index (χ3n) is 5.16. The Labute approximate surface area is 177 Å². The normalized spacial score (nSPS) is 15.5. The van der Waals surface area contributed by atoms with Crippen molar-refractivity contribution in [2.75, 3.05) is 32.7 Å². The molecule has 0 saturated carbocycles. The third-order valence-corrected chi connectivity index (χ3v) is 5.16. The summed E-state index contributed by atoms with van der Waals surface area (Å²) in [6.07, 6.45) is 3.74. The second-order valence-corrected chi connectivity index (χ2v) is 7.48. The van der Waals surface area contributed by atoms with E-state index in [-0.39, 0.29) is 0 Å². The number of nitrogens with zero attached hydrogens (tertiary/aromatic N) is 6. The van der Waals surface area contributed by atoms with Gasteiger partial charge in [-0.05, 0) is 37.6 Å². The zero-order valence-corrected chi connectivity index (χ0v) is 17.7. The van der Waals surface area contributed by atoms with Gasteiger partial charge in [-0.25, -0.2) is 9.67 Å². The van der Waals surface area contributed by atoms with Gasteiger partial charge in [0.2, 0.25) is 0 Å². The van der Waals surface area contributed by atoms with Crippen LogP contribution in [0.4, 0.5) is 0 Å². The molecule has 0 radical (unpaired) electrons. The molecule has 1 N–H and O–H groups in total. The molecule has 4 rings (SSSR count). The van der Waals surface area contributed by atoms with Crippen molar-refractivity contribution in [3.63, 3.8) is 0 Å². The largest absolute Gasteiger partial charge is 0.361 e. The van der Waals surface area contributed by atoms with Crippen molar-refractivity contribution in [3.05, 3.63) is 65.8 Å². The summed E-state index contributed by atoms with van der Waals surface area (Å²) in [5.74, 6) is 1.83. The van der Waals surface area contributed by atoms with Crippen LogP contribution in [0.25, 0.3) is 5.69 Å². The van der Waals surface area contributed by atoms with Gasteiger partial charge in [-0.1, -0.05) is 17.3 Å². The van der Waals surface area contributed by atoms with Crippen LogP contribution in [0.1, 0.15) is 23.9 Å². The first-order valence-corrected chi connectivity index (χ1v) is 10.5. The summed E-state index contributed by atoms with van der Waals surface area (Å²) in [6.45, 7) is 10.2. The maximum Gasteiger partial charge on any atom is 0.194 e. The molecule has 30 heavy (non-hydrogen) atoms. The van der Waals surface area contributed by atoms with Gasteiger partial charge >= 0.3 is 0 Å². The number of piperazine rings is 1. The lowest BCUT2D eigenvalue weighted by Crippen LogP contribution is -2.52. The van der Waals surface area contributed by atoms with Gasteiger partial charge in [-0.3, -0.25) is 4.90 Å². The molecule has 0 aliphatic carbocycles. The fourth-order valence-electron chi connectivity index (χ4n) is 3.65. The predicted molar refractivity (Wildman–Crippen MR) is 116 cm³/mol. The molecule has 3 heterocycles. The summed E-state index contributed by atoms with van der Waals surface area (Å²) in [7, 11) is 0. The summed E-state index contributed by atoms with van der Waals surface area (Å²) in [6, 6.07) is 12.3. The minimum Gasteiger partial charge on any atom is -0.361 e. The Morgan fingerprint density at radius 3 is 2.73 bits per heavy atom. The van der Waals surface area contributed by atoms with Crippen molar-refractivity contribution in [2.24, 2.45) is 4.99 Å². The number of benzene rings is 1. The third kappa shape index (κ3) is 5.07. The van der Waals surface area contributed by atoms with Crippen LogP contribution >= 0.6 is 0 Å². The second kappa shape index (κ2) is 9.58. The van der Waals surface area contributed by atoms with Gasteiger partial charge in [0.1, 0.15) is 5.76 Å². The van der Waals surface area contributed by atoms with E-state index in [4.69, 9.17) is 9.52 Å². The van der Waals surface area contributed by atoms with E-state index in [1.54, 1.807) is 6.20 Å². The molecular weight excluding hydrogens is 378 g/mol. The molecule has 1 aliphatic rings. The van der Waals surface area contributed by atoms with E-state index >= 15 is 0 Å². The lowest BCUT2D eigenvalue weighted by molar-refractivity contribution is 0.169. The summed E-state index contributed by atoms with van der Waals surface area (Å²) in [5, 5.41) is 11.9. The van der Waals surface area contributed by atoms with Gasteiger partial charge < -0.3 is 14.7 Å². The Bertz CT molecular complexity index is 956. The van der Waals surface area contributed by atoms with Gasteiger partial charge in [0.05, 0.1) is 17.9 Å². The topological polar surface area (TPSA) is 74.7 Å². The van der Waals surface area contributed by atoms with Gasteiger partial charge in [-0.2, -0.15) is 5.10 Å². The van der Waals surface area contributed by atoms with Crippen LogP contribution in [0.2, 0.25) is 0 Å². The number of rotatable bonds is 6. The highest BCUT2D eigenvalue weighted by Gasteiger charge is 2.20. The number of hydrogen-bond acceptors (Lipinski definition) is 5. The first-order chi connectivity index (χ1) is 14.7. The van der Waals surface area contributed by atoms with Crippen LogP contribution in [0.5, 0.6) is 0 Å². The summed E-state index contributed by atoms with van der Waals surface area (Å²) < 4.78 is 7.05. The van der Waals surface area contributed by atoms with Crippen molar-refractivity contribution in [3.8, 4) is 5.69 Å². The molecule has 2 aromatic heterocycles. The Balaban J connectivity index is 1.37. The van der Waals surface area contributed by atoms with Crippen LogP contribution in [0, 0.1) is 6.92 Å². The molecule has 1 saturated heterocycles. The molecule has 1 fully saturated rings. The van der Waals surface area contributed by atoms with Crippen LogP contribution in [-0.2, 0) is 13.1 Å². The number of nitrogens with one attached hydrogen (secondary N) is 1. The van der Waals surface area contributed by atoms with E-state index in [9.17, 15) is 0 Å². The standard InChI is InChI=1S/C22H29N7O/c1-3-23-22(24-16-19-6-4-7-21(15-19)29-9-5-8-25-29)28-12-10-27(11-13-28)17-20-14-18(2)30-26-20/h4-9,14-15H,3,10-13,16-17H2,1-2H3,(H,23,24). The molecule has 8 nitrogen and oxygen atoms in total. The van der Waals surface area contributed by atoms with Gasteiger partial charge in [-0.15, -0.1) is 0 Å². The monoisotopic (exact) mass is 407 g/mol. The molecule has 8 heteroatoms. The first kappa shape index (κ1) is 20.2. The summed E-state index contributed by atoms with van der Waals surface area (Å²) >= 11 is 0. The molecule has 0 atom stereocenters. The van der Waals surface area contributed by atoms with E-state index < -0.39 is 0 Å². The minimum atomic E-state index is 0.635. The van der Waals surface area contributed by atoms with E-state index in [0.717, 1.165) is 62.4 Å². The predicted octanol–water partition coefficient (Wildman–Crippen LogP) is 2.45. The highest BCUT2D eigenvalue weighted by atomic mass is 16.5. The second-order valence-electron chi connectivity index (χ2n) is 7.48. The van der Waals surface area contributed by atoms with Crippen LogP contribution in [0.15, 0.2) is 58.3 Å². The van der Waals surface area contributed by atoms with Crippen molar-refractivity contribution in [2.45, 2.75) is 26.9 Å². The van der Waals surface area contributed by atoms with E-state index in [0.29, 0.717) is 6.54 Å². The highest BCUT2D eigenvalue weighted by Crippen LogP contribution is 2.12. The zero-order valence-electron chi connectivity index (χ0n) is 17.7. The molecule has 158 valence electrons. The van der Waals surface area contributed by atoms with Gasteiger partial charge in [0.25, 0.3) is 0 Å². The van der Waals surface area contributed by atoms with Crippen LogP contribution in [0.3, 0.4) is 0 Å². The fourth-order valence-corrected chi connectivity index (χ4v) is 3.65. The lowest BCUT2D eigenvalue weighted by atomic mass is 10.2. The first-order valence-electron chi connectivity index (χ1n) is 10.5. The molecular formula is C22H29N7O. The number of aryl methyl sites for hydroxylation is 1.